The molecule has 1 atom stereocenters. The van der Waals surface area contributed by atoms with Crippen molar-refractivity contribution in [3.05, 3.63) is 20.8 Å². The van der Waals surface area contributed by atoms with E-state index < -0.39 is 0 Å². The lowest BCUT2D eigenvalue weighted by atomic mass is 10.0. The zero-order valence-electron chi connectivity index (χ0n) is 7.05. The second-order valence-corrected chi connectivity index (χ2v) is 5.12. The molecule has 0 bridgehead atoms. The van der Waals surface area contributed by atoms with Crippen LogP contribution in [0, 0.1) is 5.92 Å². The molecule has 13 heavy (non-hydrogen) atoms. The summed E-state index contributed by atoms with van der Waals surface area (Å²) >= 11 is 5.12. The molecule has 1 N–H and O–H groups in total. The van der Waals surface area contributed by atoms with E-state index in [0.717, 1.165) is 23.9 Å². The normalized spacial score (nSPS) is 21.9. The van der Waals surface area contributed by atoms with Crippen molar-refractivity contribution in [1.29, 1.82) is 0 Å². The van der Waals surface area contributed by atoms with Crippen LogP contribution < -0.4 is 5.32 Å². The molecule has 4 heteroatoms. The monoisotopic (exact) mass is 259 g/mol. The number of hydrogen-bond donors (Lipinski definition) is 1. The van der Waals surface area contributed by atoms with Gasteiger partial charge in [0.25, 0.3) is 0 Å². The lowest BCUT2D eigenvalue weighted by molar-refractivity contribution is -0.122. The SMILES string of the molecule is O=C1NCCC1Cc1cc(Br)cs1. The molecule has 2 heterocycles. The quantitative estimate of drug-likeness (QED) is 0.867. The molecule has 1 fully saturated rings. The fourth-order valence-corrected chi connectivity index (χ4v) is 3.08. The molecule has 1 unspecified atom stereocenters. The van der Waals surface area contributed by atoms with E-state index in [1.165, 1.54) is 4.88 Å². The molecule has 1 aliphatic heterocycles. The van der Waals surface area contributed by atoms with Gasteiger partial charge >= 0.3 is 0 Å². The summed E-state index contributed by atoms with van der Waals surface area (Å²) in [5, 5.41) is 4.91. The van der Waals surface area contributed by atoms with Crippen LogP contribution in [-0.4, -0.2) is 12.5 Å². The van der Waals surface area contributed by atoms with Crippen molar-refractivity contribution in [2.75, 3.05) is 6.54 Å². The maximum atomic E-state index is 11.3. The summed E-state index contributed by atoms with van der Waals surface area (Å²) < 4.78 is 1.12. The summed E-state index contributed by atoms with van der Waals surface area (Å²) in [7, 11) is 0. The van der Waals surface area contributed by atoms with E-state index in [2.05, 4.69) is 32.7 Å². The summed E-state index contributed by atoms with van der Waals surface area (Å²) in [6.07, 6.45) is 1.87. The molecule has 1 aliphatic rings. The molecule has 70 valence electrons. The zero-order valence-corrected chi connectivity index (χ0v) is 9.45. The molecule has 0 saturated carbocycles. The van der Waals surface area contributed by atoms with E-state index in [1.807, 2.05) is 0 Å². The van der Waals surface area contributed by atoms with Gasteiger partial charge in [0, 0.05) is 27.2 Å². The van der Waals surface area contributed by atoms with E-state index in [0.29, 0.717) is 0 Å². The molecule has 0 aliphatic carbocycles. The molecule has 1 aromatic rings. The van der Waals surface area contributed by atoms with Crippen LogP contribution in [0.4, 0.5) is 0 Å². The molecule has 1 aromatic heterocycles. The second-order valence-electron chi connectivity index (χ2n) is 3.21. The molecule has 0 spiro atoms. The van der Waals surface area contributed by atoms with Gasteiger partial charge in [0.1, 0.15) is 0 Å². The van der Waals surface area contributed by atoms with Gasteiger partial charge in [-0.25, -0.2) is 0 Å². The molecule has 1 amide bonds. The Hall–Kier alpha value is -0.350. The van der Waals surface area contributed by atoms with Gasteiger partial charge in [-0.3, -0.25) is 4.79 Å². The zero-order chi connectivity index (χ0) is 9.26. The van der Waals surface area contributed by atoms with Gasteiger partial charge in [-0.2, -0.15) is 0 Å². The standard InChI is InChI=1S/C9H10BrNOS/c10-7-4-8(13-5-7)3-6-1-2-11-9(6)12/h4-6H,1-3H2,(H,11,12). The molecule has 1 saturated heterocycles. The summed E-state index contributed by atoms with van der Waals surface area (Å²) in [5.74, 6) is 0.412. The Morgan fingerprint density at radius 2 is 2.54 bits per heavy atom. The predicted octanol–water partition coefficient (Wildman–Crippen LogP) is 2.19. The smallest absolute Gasteiger partial charge is 0.223 e. The van der Waals surface area contributed by atoms with Gasteiger partial charge in [0.2, 0.25) is 5.91 Å². The highest BCUT2D eigenvalue weighted by molar-refractivity contribution is 9.10. The van der Waals surface area contributed by atoms with Crippen molar-refractivity contribution >= 4 is 33.2 Å². The van der Waals surface area contributed by atoms with Crippen molar-refractivity contribution in [2.45, 2.75) is 12.8 Å². The number of carbonyl (C=O) groups excluding carboxylic acids is 1. The summed E-state index contributed by atoms with van der Waals surface area (Å²) in [4.78, 5) is 12.6. The number of hydrogen-bond acceptors (Lipinski definition) is 2. The van der Waals surface area contributed by atoms with Crippen LogP contribution in [0.3, 0.4) is 0 Å². The van der Waals surface area contributed by atoms with Gasteiger partial charge in [0.05, 0.1) is 0 Å². The second kappa shape index (κ2) is 3.80. The highest BCUT2D eigenvalue weighted by Crippen LogP contribution is 2.24. The predicted molar refractivity (Wildman–Crippen MR) is 56.8 cm³/mol. The fraction of sp³-hybridized carbons (Fsp3) is 0.444. The van der Waals surface area contributed by atoms with Crippen LogP contribution in [0.2, 0.25) is 0 Å². The Morgan fingerprint density at radius 1 is 1.69 bits per heavy atom. The summed E-state index contributed by atoms with van der Waals surface area (Å²) in [5.41, 5.74) is 0. The van der Waals surface area contributed by atoms with Crippen LogP contribution in [0.1, 0.15) is 11.3 Å². The average Bonchev–Trinajstić information content (AvgIpc) is 2.64. The average molecular weight is 260 g/mol. The third kappa shape index (κ3) is 2.11. The Morgan fingerprint density at radius 3 is 3.08 bits per heavy atom. The minimum atomic E-state index is 0.200. The Bertz CT molecular complexity index is 323. The number of carbonyl (C=O) groups is 1. The lowest BCUT2D eigenvalue weighted by Gasteiger charge is -2.02. The van der Waals surface area contributed by atoms with E-state index in [9.17, 15) is 4.79 Å². The summed E-state index contributed by atoms with van der Waals surface area (Å²) in [6, 6.07) is 2.09. The molecular formula is C9H10BrNOS. The van der Waals surface area contributed by atoms with Gasteiger partial charge < -0.3 is 5.32 Å². The third-order valence-electron chi connectivity index (χ3n) is 2.23. The van der Waals surface area contributed by atoms with Crippen LogP contribution in [0.15, 0.2) is 15.9 Å². The van der Waals surface area contributed by atoms with E-state index >= 15 is 0 Å². The fourth-order valence-electron chi connectivity index (χ4n) is 1.54. The first-order valence-corrected chi connectivity index (χ1v) is 5.93. The number of nitrogens with one attached hydrogen (secondary N) is 1. The molecular weight excluding hydrogens is 250 g/mol. The summed E-state index contributed by atoms with van der Waals surface area (Å²) in [6.45, 7) is 0.843. The van der Waals surface area contributed by atoms with Crippen molar-refractivity contribution in [3.63, 3.8) is 0 Å². The first kappa shape index (κ1) is 9.21. The van der Waals surface area contributed by atoms with E-state index in [4.69, 9.17) is 0 Å². The number of rotatable bonds is 2. The maximum absolute atomic E-state index is 11.3. The topological polar surface area (TPSA) is 29.1 Å². The molecule has 0 radical (unpaired) electrons. The van der Waals surface area contributed by atoms with Crippen LogP contribution in [0.5, 0.6) is 0 Å². The number of halogens is 1. The Labute approximate surface area is 89.5 Å². The molecule has 0 aromatic carbocycles. The minimum Gasteiger partial charge on any atom is -0.356 e. The van der Waals surface area contributed by atoms with Crippen LogP contribution in [-0.2, 0) is 11.2 Å². The Kier molecular flexibility index (Phi) is 2.69. The lowest BCUT2D eigenvalue weighted by Crippen LogP contribution is -2.20. The third-order valence-corrected chi connectivity index (χ3v) is 3.95. The number of thiophene rings is 1. The van der Waals surface area contributed by atoms with Gasteiger partial charge in [-0.05, 0) is 34.8 Å². The van der Waals surface area contributed by atoms with Gasteiger partial charge in [-0.15, -0.1) is 11.3 Å². The first-order valence-electron chi connectivity index (χ1n) is 4.26. The first-order chi connectivity index (χ1) is 6.25. The highest BCUT2D eigenvalue weighted by atomic mass is 79.9. The Balaban J connectivity index is 2.01. The van der Waals surface area contributed by atoms with Crippen molar-refractivity contribution in [1.82, 2.24) is 5.32 Å². The molecule has 2 rings (SSSR count). The number of amides is 1. The minimum absolute atomic E-state index is 0.200. The van der Waals surface area contributed by atoms with Gasteiger partial charge in [0.15, 0.2) is 0 Å². The van der Waals surface area contributed by atoms with Gasteiger partial charge in [-0.1, -0.05) is 0 Å². The van der Waals surface area contributed by atoms with Crippen molar-refractivity contribution in [2.24, 2.45) is 5.92 Å². The largest absolute Gasteiger partial charge is 0.356 e. The molecule has 2 nitrogen and oxygen atoms in total. The van der Waals surface area contributed by atoms with E-state index in [-0.39, 0.29) is 11.8 Å². The van der Waals surface area contributed by atoms with Crippen molar-refractivity contribution in [3.8, 4) is 0 Å². The van der Waals surface area contributed by atoms with E-state index in [1.54, 1.807) is 11.3 Å². The van der Waals surface area contributed by atoms with Crippen LogP contribution in [0.25, 0.3) is 0 Å². The van der Waals surface area contributed by atoms with Crippen molar-refractivity contribution < 1.29 is 4.79 Å². The highest BCUT2D eigenvalue weighted by Gasteiger charge is 2.24. The van der Waals surface area contributed by atoms with Crippen LogP contribution >= 0.6 is 27.3 Å². The maximum Gasteiger partial charge on any atom is 0.223 e.